The number of benzene rings is 2. The normalized spacial score (nSPS) is 18.1. The van der Waals surface area contributed by atoms with Gasteiger partial charge < -0.3 is 4.98 Å². The number of para-hydroxylation sites is 2. The first-order chi connectivity index (χ1) is 14.1. The van der Waals surface area contributed by atoms with E-state index in [0.29, 0.717) is 5.92 Å². The number of hydrogen-bond acceptors (Lipinski definition) is 3. The fraction of sp³-hybridized carbons (Fsp3) is 0.391. The monoisotopic (exact) mass is 389 g/mol. The number of H-pyrrole nitrogens is 1. The van der Waals surface area contributed by atoms with Crippen molar-refractivity contribution in [2.45, 2.75) is 25.8 Å². The third kappa shape index (κ3) is 3.38. The van der Waals surface area contributed by atoms with Crippen molar-refractivity contribution in [3.05, 3.63) is 64.3 Å². The molecule has 0 spiro atoms. The van der Waals surface area contributed by atoms with E-state index in [1.807, 2.05) is 26.2 Å². The van der Waals surface area contributed by atoms with Gasteiger partial charge in [0.25, 0.3) is 0 Å². The molecule has 2 aromatic heterocycles. The van der Waals surface area contributed by atoms with Crippen molar-refractivity contribution in [3.63, 3.8) is 0 Å². The van der Waals surface area contributed by atoms with Crippen LogP contribution in [0.25, 0.3) is 22.1 Å². The minimum Gasteiger partial charge on any atom is -0.342 e. The summed E-state index contributed by atoms with van der Waals surface area (Å²) in [6.45, 7) is 3.14. The van der Waals surface area contributed by atoms with Gasteiger partial charge in [-0.1, -0.05) is 18.2 Å². The van der Waals surface area contributed by atoms with Gasteiger partial charge in [0.05, 0.1) is 22.1 Å². The number of likely N-dealkylation sites (tertiary alicyclic amines) is 1. The van der Waals surface area contributed by atoms with Gasteiger partial charge in [-0.2, -0.15) is 0 Å². The molecular formula is C23H27N5O. The summed E-state index contributed by atoms with van der Waals surface area (Å²) in [5, 5.41) is 0. The maximum atomic E-state index is 12.2. The number of rotatable bonds is 4. The number of aromatic amines is 1. The summed E-state index contributed by atoms with van der Waals surface area (Å²) in [5.41, 5.74) is 5.46. The van der Waals surface area contributed by atoms with E-state index in [9.17, 15) is 4.79 Å². The van der Waals surface area contributed by atoms with Crippen LogP contribution < -0.4 is 5.69 Å². The van der Waals surface area contributed by atoms with Gasteiger partial charge in [-0.05, 0) is 55.1 Å². The average Bonchev–Trinajstić information content (AvgIpc) is 3.22. The summed E-state index contributed by atoms with van der Waals surface area (Å²) in [6.07, 6.45) is 3.47. The van der Waals surface area contributed by atoms with Gasteiger partial charge in [-0.25, -0.2) is 9.78 Å². The van der Waals surface area contributed by atoms with Crippen molar-refractivity contribution in [1.82, 2.24) is 24.0 Å². The zero-order valence-corrected chi connectivity index (χ0v) is 17.1. The molecule has 0 amide bonds. The van der Waals surface area contributed by atoms with Gasteiger partial charge >= 0.3 is 5.69 Å². The van der Waals surface area contributed by atoms with Crippen LogP contribution in [0, 0.1) is 5.92 Å². The Morgan fingerprint density at radius 1 is 1.10 bits per heavy atom. The second-order valence-corrected chi connectivity index (χ2v) is 8.37. The minimum absolute atomic E-state index is 0.0287. The molecular weight excluding hydrogens is 362 g/mol. The zero-order valence-electron chi connectivity index (χ0n) is 17.1. The van der Waals surface area contributed by atoms with Crippen LogP contribution in [-0.2, 0) is 27.1 Å². The second-order valence-electron chi connectivity index (χ2n) is 8.37. The highest BCUT2D eigenvalue weighted by Crippen LogP contribution is 2.23. The first kappa shape index (κ1) is 18.2. The SMILES string of the molecule is Cn1c(=O)n(C)c2cc(CN3CCC[C@@H](Cc4nc5ccccc5[nH]4)C3)ccc21. The quantitative estimate of drug-likeness (QED) is 0.583. The van der Waals surface area contributed by atoms with Crippen molar-refractivity contribution < 1.29 is 0 Å². The molecule has 1 atom stereocenters. The molecule has 1 aliphatic rings. The Kier molecular flexibility index (Phi) is 4.51. The number of aryl methyl sites for hydroxylation is 2. The smallest absolute Gasteiger partial charge is 0.328 e. The highest BCUT2D eigenvalue weighted by Gasteiger charge is 2.22. The molecule has 0 radical (unpaired) electrons. The fourth-order valence-electron chi connectivity index (χ4n) is 4.75. The number of piperidine rings is 1. The summed E-state index contributed by atoms with van der Waals surface area (Å²) in [5.74, 6) is 1.72. The van der Waals surface area contributed by atoms with Crippen LogP contribution in [0.15, 0.2) is 47.3 Å². The molecule has 3 heterocycles. The zero-order chi connectivity index (χ0) is 20.0. The van der Waals surface area contributed by atoms with Crippen LogP contribution in [0.4, 0.5) is 0 Å². The van der Waals surface area contributed by atoms with Gasteiger partial charge in [0, 0.05) is 33.6 Å². The number of imidazole rings is 2. The van der Waals surface area contributed by atoms with Crippen LogP contribution in [-0.4, -0.2) is 37.1 Å². The number of hydrogen-bond donors (Lipinski definition) is 1. The summed E-state index contributed by atoms with van der Waals surface area (Å²) in [4.78, 5) is 23.0. The molecule has 4 aromatic rings. The van der Waals surface area contributed by atoms with Crippen LogP contribution in [0.5, 0.6) is 0 Å². The molecule has 1 N–H and O–H groups in total. The molecule has 0 aliphatic carbocycles. The number of nitrogens with one attached hydrogen (secondary N) is 1. The number of fused-ring (bicyclic) bond motifs is 2. The maximum Gasteiger partial charge on any atom is 0.328 e. The number of nitrogens with zero attached hydrogens (tertiary/aromatic N) is 4. The Bertz CT molecular complexity index is 1200. The molecule has 6 nitrogen and oxygen atoms in total. The molecule has 29 heavy (non-hydrogen) atoms. The topological polar surface area (TPSA) is 58.9 Å². The molecule has 1 fully saturated rings. The summed E-state index contributed by atoms with van der Waals surface area (Å²) >= 11 is 0. The van der Waals surface area contributed by atoms with Gasteiger partial charge in [-0.3, -0.25) is 14.0 Å². The summed E-state index contributed by atoms with van der Waals surface area (Å²) in [7, 11) is 3.68. The van der Waals surface area contributed by atoms with E-state index in [1.165, 1.54) is 18.4 Å². The summed E-state index contributed by atoms with van der Waals surface area (Å²) in [6, 6.07) is 14.6. The van der Waals surface area contributed by atoms with Crippen LogP contribution >= 0.6 is 0 Å². The minimum atomic E-state index is 0.0287. The molecule has 0 unspecified atom stereocenters. The van der Waals surface area contributed by atoms with E-state index in [2.05, 4.69) is 40.2 Å². The fourth-order valence-corrected chi connectivity index (χ4v) is 4.75. The van der Waals surface area contributed by atoms with Crippen LogP contribution in [0.1, 0.15) is 24.2 Å². The van der Waals surface area contributed by atoms with E-state index in [-0.39, 0.29) is 5.69 Å². The van der Waals surface area contributed by atoms with Crippen molar-refractivity contribution in [2.24, 2.45) is 20.0 Å². The molecule has 0 saturated carbocycles. The summed E-state index contributed by atoms with van der Waals surface area (Å²) < 4.78 is 3.45. The number of aromatic nitrogens is 4. The lowest BCUT2D eigenvalue weighted by Crippen LogP contribution is -2.35. The van der Waals surface area contributed by atoms with Crippen molar-refractivity contribution in [3.8, 4) is 0 Å². The molecule has 5 rings (SSSR count). The lowest BCUT2D eigenvalue weighted by Gasteiger charge is -2.32. The van der Waals surface area contributed by atoms with E-state index in [1.54, 1.807) is 9.13 Å². The predicted octanol–water partition coefficient (Wildman–Crippen LogP) is 3.21. The highest BCUT2D eigenvalue weighted by molar-refractivity contribution is 5.77. The Labute approximate surface area is 169 Å². The lowest BCUT2D eigenvalue weighted by molar-refractivity contribution is 0.166. The van der Waals surface area contributed by atoms with Crippen molar-refractivity contribution in [1.29, 1.82) is 0 Å². The van der Waals surface area contributed by atoms with Crippen molar-refractivity contribution in [2.75, 3.05) is 13.1 Å². The van der Waals surface area contributed by atoms with Crippen LogP contribution in [0.2, 0.25) is 0 Å². The standard InChI is InChI=1S/C23H27N5O/c1-26-20-10-9-17(12-21(20)27(2)23(26)29)15-28-11-5-6-16(14-28)13-22-24-18-7-3-4-8-19(18)25-22/h3-4,7-10,12,16H,5-6,11,13-15H2,1-2H3,(H,24,25)/t16-/m0/s1. The lowest BCUT2D eigenvalue weighted by atomic mass is 9.94. The Hall–Kier alpha value is -2.86. The van der Waals surface area contributed by atoms with Crippen molar-refractivity contribution >= 4 is 22.1 Å². The molecule has 150 valence electrons. The predicted molar refractivity (Wildman–Crippen MR) is 116 cm³/mol. The van der Waals surface area contributed by atoms with E-state index in [4.69, 9.17) is 4.98 Å². The average molecular weight is 390 g/mol. The largest absolute Gasteiger partial charge is 0.342 e. The highest BCUT2D eigenvalue weighted by atomic mass is 16.1. The Morgan fingerprint density at radius 2 is 1.93 bits per heavy atom. The third-order valence-corrected chi connectivity index (χ3v) is 6.27. The molecule has 6 heteroatoms. The maximum absolute atomic E-state index is 12.2. The van der Waals surface area contributed by atoms with E-state index >= 15 is 0 Å². The molecule has 1 aliphatic heterocycles. The molecule has 2 aromatic carbocycles. The molecule has 1 saturated heterocycles. The molecule has 0 bridgehead atoms. The first-order valence-electron chi connectivity index (χ1n) is 10.4. The Balaban J connectivity index is 1.30. The first-order valence-corrected chi connectivity index (χ1v) is 10.4. The van der Waals surface area contributed by atoms with E-state index in [0.717, 1.165) is 53.9 Å². The van der Waals surface area contributed by atoms with Gasteiger partial charge in [0.15, 0.2) is 0 Å². The second kappa shape index (κ2) is 7.19. The van der Waals surface area contributed by atoms with E-state index < -0.39 is 0 Å². The van der Waals surface area contributed by atoms with Gasteiger partial charge in [0.2, 0.25) is 0 Å². The van der Waals surface area contributed by atoms with Gasteiger partial charge in [-0.15, -0.1) is 0 Å². The van der Waals surface area contributed by atoms with Gasteiger partial charge in [0.1, 0.15) is 5.82 Å². The van der Waals surface area contributed by atoms with Crippen LogP contribution in [0.3, 0.4) is 0 Å². The third-order valence-electron chi connectivity index (χ3n) is 6.27. The Morgan fingerprint density at radius 3 is 2.79 bits per heavy atom.